The summed E-state index contributed by atoms with van der Waals surface area (Å²) in [6, 6.07) is 18.1. The lowest BCUT2D eigenvalue weighted by Crippen LogP contribution is -2.27. The Morgan fingerprint density at radius 2 is 1.81 bits per heavy atom. The van der Waals surface area contributed by atoms with Gasteiger partial charge in [-0.25, -0.2) is 0 Å². The smallest absolute Gasteiger partial charge is 0.0444 e. The molecule has 2 heteroatoms. The fraction of sp³-hybridized carbons (Fsp3) is 0.368. The molecule has 1 aliphatic rings. The van der Waals surface area contributed by atoms with Gasteiger partial charge in [0.25, 0.3) is 0 Å². The summed E-state index contributed by atoms with van der Waals surface area (Å²) in [5.41, 5.74) is 4.39. The Morgan fingerprint density at radius 1 is 1.05 bits per heavy atom. The van der Waals surface area contributed by atoms with Crippen molar-refractivity contribution >= 4 is 11.8 Å². The molecule has 2 unspecified atom stereocenters. The van der Waals surface area contributed by atoms with E-state index < -0.39 is 0 Å². The van der Waals surface area contributed by atoms with E-state index in [2.05, 4.69) is 67.8 Å². The maximum absolute atomic E-state index is 3.57. The Hall–Kier alpha value is -1.25. The lowest BCUT2D eigenvalue weighted by Gasteiger charge is -2.26. The molecule has 2 aromatic rings. The highest BCUT2D eigenvalue weighted by atomic mass is 32.2. The minimum atomic E-state index is 0.438. The number of rotatable bonds is 3. The molecule has 0 heterocycles. The molecular weight excluding hydrogens is 274 g/mol. The SMILES string of the molecule is CNC1c2ccccc2CCCC1Sc1ccccc1C. The fourth-order valence-corrected chi connectivity index (χ4v) is 4.69. The molecular formula is C19H23NS. The third-order valence-electron chi connectivity index (χ3n) is 4.38. The van der Waals surface area contributed by atoms with Crippen LogP contribution in [0.4, 0.5) is 0 Å². The van der Waals surface area contributed by atoms with Crippen molar-refractivity contribution in [3.8, 4) is 0 Å². The summed E-state index contributed by atoms with van der Waals surface area (Å²) in [6.45, 7) is 2.21. The molecule has 0 saturated heterocycles. The van der Waals surface area contributed by atoms with Crippen molar-refractivity contribution in [2.45, 2.75) is 42.4 Å². The number of nitrogens with one attached hydrogen (secondary N) is 1. The van der Waals surface area contributed by atoms with E-state index >= 15 is 0 Å². The molecule has 3 rings (SSSR count). The third-order valence-corrected chi connectivity index (χ3v) is 5.90. The lowest BCUT2D eigenvalue weighted by molar-refractivity contribution is 0.548. The zero-order valence-corrected chi connectivity index (χ0v) is 13.6. The van der Waals surface area contributed by atoms with E-state index in [1.807, 2.05) is 11.8 Å². The molecule has 0 spiro atoms. The summed E-state index contributed by atoms with van der Waals surface area (Å²) in [5, 5.41) is 4.17. The first-order valence-corrected chi connectivity index (χ1v) is 8.65. The average molecular weight is 297 g/mol. The van der Waals surface area contributed by atoms with Crippen LogP contribution >= 0.6 is 11.8 Å². The number of benzene rings is 2. The first kappa shape index (κ1) is 14.7. The van der Waals surface area contributed by atoms with E-state index in [1.54, 1.807) is 0 Å². The Labute approximate surface area is 132 Å². The van der Waals surface area contributed by atoms with Gasteiger partial charge in [-0.1, -0.05) is 42.5 Å². The highest BCUT2D eigenvalue weighted by Crippen LogP contribution is 2.39. The minimum Gasteiger partial charge on any atom is -0.312 e. The van der Waals surface area contributed by atoms with Crippen molar-refractivity contribution in [3.63, 3.8) is 0 Å². The second-order valence-electron chi connectivity index (χ2n) is 5.78. The number of hydrogen-bond acceptors (Lipinski definition) is 2. The third kappa shape index (κ3) is 3.17. The number of thioether (sulfide) groups is 1. The average Bonchev–Trinajstić information content (AvgIpc) is 2.68. The number of fused-ring (bicyclic) bond motifs is 1. The molecule has 0 aromatic heterocycles. The molecule has 0 amide bonds. The molecule has 0 radical (unpaired) electrons. The van der Waals surface area contributed by atoms with Gasteiger partial charge in [0, 0.05) is 16.2 Å². The van der Waals surface area contributed by atoms with E-state index in [-0.39, 0.29) is 0 Å². The number of aryl methyl sites for hydroxylation is 2. The molecule has 1 nitrogen and oxygen atoms in total. The van der Waals surface area contributed by atoms with Crippen molar-refractivity contribution in [2.24, 2.45) is 0 Å². The van der Waals surface area contributed by atoms with Crippen molar-refractivity contribution in [1.29, 1.82) is 0 Å². The van der Waals surface area contributed by atoms with Crippen molar-refractivity contribution in [3.05, 3.63) is 65.2 Å². The van der Waals surface area contributed by atoms with Crippen LogP contribution in [0.1, 0.15) is 35.6 Å². The highest BCUT2D eigenvalue weighted by molar-refractivity contribution is 8.00. The summed E-state index contributed by atoms with van der Waals surface area (Å²) in [4.78, 5) is 1.42. The fourth-order valence-electron chi connectivity index (χ4n) is 3.25. The van der Waals surface area contributed by atoms with Gasteiger partial charge in [-0.05, 0) is 56.0 Å². The van der Waals surface area contributed by atoms with E-state index in [9.17, 15) is 0 Å². The maximum Gasteiger partial charge on any atom is 0.0444 e. The van der Waals surface area contributed by atoms with E-state index in [0.717, 1.165) is 0 Å². The molecule has 21 heavy (non-hydrogen) atoms. The molecule has 110 valence electrons. The Balaban J connectivity index is 1.90. The van der Waals surface area contributed by atoms with Gasteiger partial charge in [0.15, 0.2) is 0 Å². The van der Waals surface area contributed by atoms with Gasteiger partial charge in [-0.3, -0.25) is 0 Å². The molecule has 0 aliphatic heterocycles. The first-order chi connectivity index (χ1) is 10.3. The van der Waals surface area contributed by atoms with Crippen LogP contribution in [0.5, 0.6) is 0 Å². The second kappa shape index (κ2) is 6.67. The Kier molecular flexibility index (Phi) is 4.67. The summed E-state index contributed by atoms with van der Waals surface area (Å²) in [7, 11) is 2.10. The zero-order chi connectivity index (χ0) is 14.7. The van der Waals surface area contributed by atoms with Crippen LogP contribution < -0.4 is 5.32 Å². The van der Waals surface area contributed by atoms with Gasteiger partial charge in [0.1, 0.15) is 0 Å². The Bertz CT molecular complexity index is 608. The van der Waals surface area contributed by atoms with Crippen molar-refractivity contribution in [2.75, 3.05) is 7.05 Å². The van der Waals surface area contributed by atoms with Gasteiger partial charge < -0.3 is 5.32 Å². The summed E-state index contributed by atoms with van der Waals surface area (Å²) in [5.74, 6) is 0. The molecule has 1 aliphatic carbocycles. The van der Waals surface area contributed by atoms with Crippen LogP contribution in [0, 0.1) is 6.92 Å². The van der Waals surface area contributed by atoms with E-state index in [0.29, 0.717) is 11.3 Å². The van der Waals surface area contributed by atoms with Crippen LogP contribution in [0.25, 0.3) is 0 Å². The molecule has 0 saturated carbocycles. The largest absolute Gasteiger partial charge is 0.312 e. The molecule has 0 bridgehead atoms. The van der Waals surface area contributed by atoms with Crippen LogP contribution in [0.3, 0.4) is 0 Å². The van der Waals surface area contributed by atoms with Gasteiger partial charge in [-0.2, -0.15) is 0 Å². The molecule has 1 N–H and O–H groups in total. The Morgan fingerprint density at radius 3 is 2.62 bits per heavy atom. The van der Waals surface area contributed by atoms with Crippen LogP contribution in [-0.2, 0) is 6.42 Å². The quantitative estimate of drug-likeness (QED) is 0.820. The molecule has 0 fully saturated rings. The zero-order valence-electron chi connectivity index (χ0n) is 12.8. The minimum absolute atomic E-state index is 0.438. The van der Waals surface area contributed by atoms with Gasteiger partial charge in [0.2, 0.25) is 0 Å². The summed E-state index contributed by atoms with van der Waals surface area (Å²) >= 11 is 2.04. The van der Waals surface area contributed by atoms with Crippen molar-refractivity contribution in [1.82, 2.24) is 5.32 Å². The van der Waals surface area contributed by atoms with Crippen LogP contribution in [0.2, 0.25) is 0 Å². The van der Waals surface area contributed by atoms with E-state index in [1.165, 1.54) is 40.8 Å². The maximum atomic E-state index is 3.57. The predicted molar refractivity (Wildman–Crippen MR) is 92.0 cm³/mol. The van der Waals surface area contributed by atoms with Crippen LogP contribution in [0.15, 0.2) is 53.4 Å². The summed E-state index contributed by atoms with van der Waals surface area (Å²) in [6.07, 6.45) is 3.75. The molecule has 2 aromatic carbocycles. The van der Waals surface area contributed by atoms with Gasteiger partial charge in [-0.15, -0.1) is 11.8 Å². The lowest BCUT2D eigenvalue weighted by atomic mass is 9.99. The first-order valence-electron chi connectivity index (χ1n) is 7.77. The second-order valence-corrected chi connectivity index (χ2v) is 7.06. The summed E-state index contributed by atoms with van der Waals surface area (Å²) < 4.78 is 0. The number of hydrogen-bond donors (Lipinski definition) is 1. The predicted octanol–water partition coefficient (Wildman–Crippen LogP) is 4.75. The normalized spacial score (nSPS) is 21.6. The standard InChI is InChI=1S/C19H23NS/c1-14-8-3-6-12-17(14)21-18-13-7-10-15-9-4-5-11-16(15)19(18)20-2/h3-6,8-9,11-12,18-20H,7,10,13H2,1-2H3. The highest BCUT2D eigenvalue weighted by Gasteiger charge is 2.27. The van der Waals surface area contributed by atoms with Gasteiger partial charge in [0.05, 0.1) is 0 Å². The monoisotopic (exact) mass is 297 g/mol. The topological polar surface area (TPSA) is 12.0 Å². The molecule has 2 atom stereocenters. The van der Waals surface area contributed by atoms with E-state index in [4.69, 9.17) is 0 Å². The van der Waals surface area contributed by atoms with Gasteiger partial charge >= 0.3 is 0 Å². The van der Waals surface area contributed by atoms with Crippen LogP contribution in [-0.4, -0.2) is 12.3 Å². The van der Waals surface area contributed by atoms with Crippen molar-refractivity contribution < 1.29 is 0 Å².